The Morgan fingerprint density at radius 2 is 1.86 bits per heavy atom. The summed E-state index contributed by atoms with van der Waals surface area (Å²) in [5.41, 5.74) is 1.50. The van der Waals surface area contributed by atoms with Crippen molar-refractivity contribution in [2.75, 3.05) is 7.11 Å². The van der Waals surface area contributed by atoms with E-state index in [-0.39, 0.29) is 29.1 Å². The van der Waals surface area contributed by atoms with Gasteiger partial charge in [-0.1, -0.05) is 11.6 Å². The van der Waals surface area contributed by atoms with Crippen molar-refractivity contribution in [3.63, 3.8) is 0 Å². The zero-order valence-electron chi connectivity index (χ0n) is 20.6. The summed E-state index contributed by atoms with van der Waals surface area (Å²) in [6, 6.07) is 3.13. The van der Waals surface area contributed by atoms with Crippen molar-refractivity contribution in [3.8, 4) is 17.2 Å². The second-order valence-corrected chi connectivity index (χ2v) is 9.83. The van der Waals surface area contributed by atoms with Gasteiger partial charge in [0.15, 0.2) is 11.5 Å². The van der Waals surface area contributed by atoms with E-state index in [9.17, 15) is 14.4 Å². The third-order valence-corrected chi connectivity index (χ3v) is 7.25. The van der Waals surface area contributed by atoms with Crippen molar-refractivity contribution in [3.05, 3.63) is 49.9 Å². The maximum Gasteiger partial charge on any atom is 0.404 e. The van der Waals surface area contributed by atoms with Crippen LogP contribution >= 0.6 is 11.6 Å². The number of carboxylic acid groups (broad SMARTS) is 1. The molecule has 1 atom stereocenters. The Labute approximate surface area is 213 Å². The molecule has 11 heteroatoms. The fourth-order valence-electron chi connectivity index (χ4n) is 4.98. The van der Waals surface area contributed by atoms with E-state index in [4.69, 9.17) is 30.9 Å². The summed E-state index contributed by atoms with van der Waals surface area (Å²) in [6.07, 6.45) is 1.76. The normalized spacial score (nSPS) is 22.7. The molecule has 2 aliphatic rings. The average Bonchev–Trinajstić information content (AvgIpc) is 3.20. The summed E-state index contributed by atoms with van der Waals surface area (Å²) >= 11 is 6.51. The number of aromatic amines is 1. The van der Waals surface area contributed by atoms with Gasteiger partial charge in [-0.05, 0) is 51.7 Å². The Balaban J connectivity index is 1.50. The van der Waals surface area contributed by atoms with Crippen LogP contribution in [0.3, 0.4) is 0 Å². The van der Waals surface area contributed by atoms with E-state index in [2.05, 4.69) is 15.6 Å². The Bertz CT molecular complexity index is 1250. The standard InChI is InChI=1S/C25H30ClN3O7/c1-12-9-19(34-4)17(23(31)28-12)11-27-22(30)16-10-18(26)21-20(13(16)2)35-25(3,36-21)14-5-7-15(8-6-14)29-24(32)33/h9-10,14-15,29H,5-8,11H2,1-4H3,(H,27,30)(H,28,31)(H,32,33)/t14-,15-,25?. The number of carbonyl (C=O) groups excluding carboxylic acids is 1. The van der Waals surface area contributed by atoms with Crippen LogP contribution in [0.25, 0.3) is 0 Å². The number of H-pyrrole nitrogens is 1. The molecule has 194 valence electrons. The molecule has 1 aliphatic carbocycles. The van der Waals surface area contributed by atoms with Gasteiger partial charge in [0, 0.05) is 35.7 Å². The summed E-state index contributed by atoms with van der Waals surface area (Å²) in [4.78, 5) is 39.1. The van der Waals surface area contributed by atoms with Crippen LogP contribution in [0.5, 0.6) is 17.2 Å². The Kier molecular flexibility index (Phi) is 7.08. The molecule has 0 spiro atoms. The second kappa shape index (κ2) is 9.93. The highest BCUT2D eigenvalue weighted by Gasteiger charge is 2.47. The van der Waals surface area contributed by atoms with Crippen molar-refractivity contribution in [1.82, 2.24) is 15.6 Å². The summed E-state index contributed by atoms with van der Waals surface area (Å²) in [7, 11) is 1.47. The van der Waals surface area contributed by atoms with E-state index < -0.39 is 17.8 Å². The second-order valence-electron chi connectivity index (χ2n) is 9.42. The van der Waals surface area contributed by atoms with Gasteiger partial charge in [0.2, 0.25) is 0 Å². The Morgan fingerprint density at radius 1 is 1.19 bits per heavy atom. The van der Waals surface area contributed by atoms with Crippen LogP contribution in [0.1, 0.15) is 59.8 Å². The topological polar surface area (TPSA) is 139 Å². The largest absolute Gasteiger partial charge is 0.496 e. The lowest BCUT2D eigenvalue weighted by Crippen LogP contribution is -2.47. The van der Waals surface area contributed by atoms with E-state index in [0.29, 0.717) is 65.3 Å². The predicted octanol–water partition coefficient (Wildman–Crippen LogP) is 3.90. The zero-order chi connectivity index (χ0) is 26.2. The molecule has 4 N–H and O–H groups in total. The molecule has 0 radical (unpaired) electrons. The van der Waals surface area contributed by atoms with Gasteiger partial charge in [0.1, 0.15) is 5.75 Å². The number of fused-ring (bicyclic) bond motifs is 1. The van der Waals surface area contributed by atoms with Gasteiger partial charge in [-0.3, -0.25) is 9.59 Å². The highest BCUT2D eigenvalue weighted by Crippen LogP contribution is 2.51. The number of hydrogen-bond acceptors (Lipinski definition) is 6. The fourth-order valence-corrected chi connectivity index (χ4v) is 5.22. The van der Waals surface area contributed by atoms with Crippen molar-refractivity contribution >= 4 is 23.6 Å². The van der Waals surface area contributed by atoms with Crippen molar-refractivity contribution in [2.45, 2.75) is 64.8 Å². The Hall–Kier alpha value is -3.40. The van der Waals surface area contributed by atoms with Gasteiger partial charge >= 0.3 is 6.09 Å². The fraction of sp³-hybridized carbons (Fsp3) is 0.480. The van der Waals surface area contributed by atoms with Crippen LogP contribution in [0.2, 0.25) is 5.02 Å². The summed E-state index contributed by atoms with van der Waals surface area (Å²) < 4.78 is 17.8. The highest BCUT2D eigenvalue weighted by atomic mass is 35.5. The monoisotopic (exact) mass is 519 g/mol. The predicted molar refractivity (Wildman–Crippen MR) is 132 cm³/mol. The van der Waals surface area contributed by atoms with Gasteiger partial charge in [0.05, 0.1) is 24.2 Å². The van der Waals surface area contributed by atoms with Crippen LogP contribution in [0.4, 0.5) is 4.79 Å². The number of benzene rings is 1. The highest BCUT2D eigenvalue weighted by molar-refractivity contribution is 6.33. The number of hydrogen-bond donors (Lipinski definition) is 4. The van der Waals surface area contributed by atoms with E-state index in [1.165, 1.54) is 13.2 Å². The maximum atomic E-state index is 13.1. The van der Waals surface area contributed by atoms with Crippen LogP contribution in [-0.2, 0) is 6.54 Å². The molecule has 2 aromatic rings. The average molecular weight is 520 g/mol. The van der Waals surface area contributed by atoms with Gasteiger partial charge in [-0.15, -0.1) is 0 Å². The van der Waals surface area contributed by atoms with Crippen LogP contribution in [-0.4, -0.2) is 41.0 Å². The number of rotatable bonds is 6. The first-order chi connectivity index (χ1) is 17.0. The molecule has 10 nitrogen and oxygen atoms in total. The molecule has 36 heavy (non-hydrogen) atoms. The van der Waals surface area contributed by atoms with E-state index in [1.54, 1.807) is 19.9 Å². The minimum absolute atomic E-state index is 0.0187. The van der Waals surface area contributed by atoms with Gasteiger partial charge in [-0.25, -0.2) is 4.79 Å². The zero-order valence-corrected chi connectivity index (χ0v) is 21.4. The molecule has 2 heterocycles. The summed E-state index contributed by atoms with van der Waals surface area (Å²) in [5.74, 6) is -0.201. The quantitative estimate of drug-likeness (QED) is 0.454. The van der Waals surface area contributed by atoms with E-state index in [1.807, 2.05) is 6.92 Å². The minimum atomic E-state index is -1.02. The van der Waals surface area contributed by atoms with Crippen molar-refractivity contribution < 1.29 is 28.9 Å². The number of aromatic nitrogens is 1. The van der Waals surface area contributed by atoms with Crippen molar-refractivity contribution in [1.29, 1.82) is 0 Å². The lowest BCUT2D eigenvalue weighted by molar-refractivity contribution is -0.121. The first-order valence-electron chi connectivity index (χ1n) is 11.8. The molecule has 1 aromatic carbocycles. The first-order valence-corrected chi connectivity index (χ1v) is 12.2. The molecule has 0 bridgehead atoms. The molecule has 1 fully saturated rings. The molecule has 0 saturated heterocycles. The number of pyridine rings is 1. The minimum Gasteiger partial charge on any atom is -0.496 e. The molecule has 1 saturated carbocycles. The van der Waals surface area contributed by atoms with Gasteiger partial charge in [0.25, 0.3) is 17.3 Å². The number of methoxy groups -OCH3 is 1. The third kappa shape index (κ3) is 4.95. The summed E-state index contributed by atoms with van der Waals surface area (Å²) in [5, 5.41) is 14.5. The molecule has 2 amide bonds. The molecular weight excluding hydrogens is 490 g/mol. The van der Waals surface area contributed by atoms with E-state index >= 15 is 0 Å². The Morgan fingerprint density at radius 3 is 2.50 bits per heavy atom. The van der Waals surface area contributed by atoms with E-state index in [0.717, 1.165) is 0 Å². The third-order valence-electron chi connectivity index (χ3n) is 6.96. The molecule has 4 rings (SSSR count). The lowest BCUT2D eigenvalue weighted by Gasteiger charge is -2.37. The lowest BCUT2D eigenvalue weighted by atomic mass is 9.81. The molecular formula is C25H30ClN3O7. The number of carbonyl (C=O) groups is 2. The number of aryl methyl sites for hydroxylation is 1. The number of halogens is 1. The van der Waals surface area contributed by atoms with Crippen LogP contribution < -0.4 is 30.4 Å². The van der Waals surface area contributed by atoms with Crippen LogP contribution in [0, 0.1) is 19.8 Å². The van der Waals surface area contributed by atoms with Crippen LogP contribution in [0.15, 0.2) is 16.9 Å². The SMILES string of the molecule is COc1cc(C)[nH]c(=O)c1CNC(=O)c1cc(Cl)c2c(c1C)OC(C)([C@H]1CC[C@H](NC(=O)O)CC1)O2. The number of ether oxygens (including phenoxy) is 3. The first kappa shape index (κ1) is 25.7. The number of amides is 2. The number of nitrogens with one attached hydrogen (secondary N) is 3. The summed E-state index contributed by atoms with van der Waals surface area (Å²) in [6.45, 7) is 5.31. The molecule has 1 aliphatic heterocycles. The maximum absolute atomic E-state index is 13.1. The molecule has 1 unspecified atom stereocenters. The van der Waals surface area contributed by atoms with Crippen molar-refractivity contribution in [2.24, 2.45) is 5.92 Å². The smallest absolute Gasteiger partial charge is 0.404 e. The molecule has 1 aromatic heterocycles. The van der Waals surface area contributed by atoms with Gasteiger partial charge < -0.3 is 34.9 Å². The van der Waals surface area contributed by atoms with Gasteiger partial charge in [-0.2, -0.15) is 0 Å².